The summed E-state index contributed by atoms with van der Waals surface area (Å²) in [6.45, 7) is 6.08. The van der Waals surface area contributed by atoms with Crippen molar-refractivity contribution in [3.05, 3.63) is 78.0 Å². The van der Waals surface area contributed by atoms with Crippen molar-refractivity contribution in [2.45, 2.75) is 50.5 Å². The molecule has 0 bridgehead atoms. The maximum atomic E-state index is 13.6. The van der Waals surface area contributed by atoms with Crippen molar-refractivity contribution in [3.8, 4) is 22.8 Å². The normalized spacial score (nSPS) is 16.8. The highest BCUT2D eigenvalue weighted by atomic mass is 32.2. The Balaban J connectivity index is 1.55. The lowest BCUT2D eigenvalue weighted by Gasteiger charge is -2.34. The highest BCUT2D eigenvalue weighted by Crippen LogP contribution is 2.44. The van der Waals surface area contributed by atoms with Crippen LogP contribution in [0.25, 0.3) is 32.9 Å². The summed E-state index contributed by atoms with van der Waals surface area (Å²) in [4.78, 5) is 17.1. The summed E-state index contributed by atoms with van der Waals surface area (Å²) in [5.74, 6) is 0.812. The number of esters is 1. The van der Waals surface area contributed by atoms with Gasteiger partial charge in [-0.25, -0.2) is 4.98 Å². The Labute approximate surface area is 250 Å². The van der Waals surface area contributed by atoms with Gasteiger partial charge in [-0.3, -0.25) is 4.79 Å². The number of rotatable bonds is 8. The maximum absolute atomic E-state index is 13.6. The first-order valence-corrected chi connectivity index (χ1v) is 15.6. The zero-order valence-electron chi connectivity index (χ0n) is 24.7. The van der Waals surface area contributed by atoms with Crippen LogP contribution >= 0.6 is 0 Å². The largest absolute Gasteiger partial charge is 0.497 e. The Morgan fingerprint density at radius 2 is 1.70 bits per heavy atom. The van der Waals surface area contributed by atoms with Gasteiger partial charge < -0.3 is 14.2 Å². The average molecular weight is 600 g/mol. The maximum Gasteiger partial charge on any atom is 0.308 e. The van der Waals surface area contributed by atoms with Crippen LogP contribution in [-0.4, -0.2) is 48.9 Å². The summed E-state index contributed by atoms with van der Waals surface area (Å²) < 4.78 is 45.1. The number of aryl methyl sites for hydroxylation is 1. The molecule has 0 aliphatic heterocycles. The van der Waals surface area contributed by atoms with Crippen LogP contribution in [0.15, 0.2) is 71.8 Å². The van der Waals surface area contributed by atoms with E-state index in [9.17, 15) is 13.2 Å². The van der Waals surface area contributed by atoms with E-state index in [4.69, 9.17) is 19.2 Å². The Bertz CT molecular complexity index is 1940. The lowest BCUT2D eigenvalue weighted by Crippen LogP contribution is -2.39. The average Bonchev–Trinajstić information content (AvgIpc) is 3.40. The molecule has 1 saturated carbocycles. The van der Waals surface area contributed by atoms with Crippen LogP contribution in [0.2, 0.25) is 0 Å². The van der Waals surface area contributed by atoms with Crippen LogP contribution in [0, 0.1) is 12.8 Å². The van der Waals surface area contributed by atoms with Crippen molar-refractivity contribution in [3.63, 3.8) is 0 Å². The van der Waals surface area contributed by atoms with Crippen molar-refractivity contribution in [1.82, 2.24) is 14.2 Å². The summed E-state index contributed by atoms with van der Waals surface area (Å²) in [5, 5.41) is 5.83. The standard InChI is InChI=1S/C33H33N3O6S/c1-19(2)30-31(21-8-10-24(40-4)11-9-21)27-16-23-18-34-36(43(38,39)26-12-6-20(3)7-13-26)29(23)17-28(27)35-32(30)42-25-14-22(15-25)33(37)41-5/h6-13,16-19,22,25H,14-15H2,1-5H3. The molecule has 9 nitrogen and oxygen atoms in total. The summed E-state index contributed by atoms with van der Waals surface area (Å²) in [7, 11) is -0.932. The molecule has 0 radical (unpaired) electrons. The van der Waals surface area contributed by atoms with Crippen LogP contribution < -0.4 is 9.47 Å². The molecule has 1 aliphatic carbocycles. The highest BCUT2D eigenvalue weighted by Gasteiger charge is 2.38. The van der Waals surface area contributed by atoms with E-state index in [0.29, 0.717) is 35.1 Å². The van der Waals surface area contributed by atoms with E-state index >= 15 is 0 Å². The summed E-state index contributed by atoms with van der Waals surface area (Å²) >= 11 is 0. The van der Waals surface area contributed by atoms with Crippen molar-refractivity contribution < 1.29 is 27.4 Å². The second-order valence-electron chi connectivity index (χ2n) is 11.3. The Hall–Kier alpha value is -4.44. The molecule has 5 aromatic rings. The third-order valence-corrected chi connectivity index (χ3v) is 9.67. The molecule has 0 unspecified atom stereocenters. The molecule has 1 fully saturated rings. The van der Waals surface area contributed by atoms with Gasteiger partial charge in [-0.15, -0.1) is 0 Å². The quantitative estimate of drug-likeness (QED) is 0.192. The predicted octanol–water partition coefficient (Wildman–Crippen LogP) is 6.26. The van der Waals surface area contributed by atoms with E-state index in [1.165, 1.54) is 7.11 Å². The van der Waals surface area contributed by atoms with Crippen LogP contribution in [-0.2, 0) is 19.6 Å². The van der Waals surface area contributed by atoms with Crippen molar-refractivity contribution in [1.29, 1.82) is 0 Å². The Morgan fingerprint density at radius 1 is 1.00 bits per heavy atom. The molecular weight excluding hydrogens is 566 g/mol. The van der Waals surface area contributed by atoms with E-state index in [2.05, 4.69) is 18.9 Å². The van der Waals surface area contributed by atoms with Gasteiger partial charge in [-0.2, -0.15) is 17.6 Å². The minimum absolute atomic E-state index is 0.0424. The summed E-state index contributed by atoms with van der Waals surface area (Å²) in [6, 6.07) is 18.2. The SMILES string of the molecule is COC(=O)C1CC(Oc2nc3cc4c(cnn4S(=O)(=O)c4ccc(C)cc4)cc3c(-c3ccc(OC)cc3)c2C(C)C)C1. The number of hydrogen-bond acceptors (Lipinski definition) is 8. The molecule has 3 aromatic carbocycles. The minimum atomic E-state index is -3.95. The monoisotopic (exact) mass is 599 g/mol. The molecule has 2 heterocycles. The van der Waals surface area contributed by atoms with Gasteiger partial charge in [0, 0.05) is 16.3 Å². The fraction of sp³-hybridized carbons (Fsp3) is 0.303. The van der Waals surface area contributed by atoms with E-state index in [1.54, 1.807) is 43.6 Å². The molecular formula is C33H33N3O6S. The van der Waals surface area contributed by atoms with Gasteiger partial charge >= 0.3 is 5.97 Å². The van der Waals surface area contributed by atoms with Gasteiger partial charge in [0.25, 0.3) is 10.0 Å². The van der Waals surface area contributed by atoms with Gasteiger partial charge in [0.2, 0.25) is 5.88 Å². The first kappa shape index (κ1) is 28.7. The van der Waals surface area contributed by atoms with E-state index in [-0.39, 0.29) is 28.8 Å². The lowest BCUT2D eigenvalue weighted by molar-refractivity contribution is -0.151. The second kappa shape index (κ2) is 11.0. The molecule has 10 heteroatoms. The highest BCUT2D eigenvalue weighted by molar-refractivity contribution is 7.90. The fourth-order valence-corrected chi connectivity index (χ4v) is 6.90. The third-order valence-electron chi connectivity index (χ3n) is 8.05. The topological polar surface area (TPSA) is 110 Å². The first-order chi connectivity index (χ1) is 20.6. The molecule has 0 amide bonds. The number of hydrogen-bond donors (Lipinski definition) is 0. The molecule has 6 rings (SSSR count). The molecule has 0 saturated heterocycles. The minimum Gasteiger partial charge on any atom is -0.497 e. The molecule has 0 atom stereocenters. The molecule has 2 aromatic heterocycles. The number of fused-ring (bicyclic) bond motifs is 2. The van der Waals surface area contributed by atoms with Gasteiger partial charge in [-0.05, 0) is 73.2 Å². The van der Waals surface area contributed by atoms with Crippen LogP contribution in [0.1, 0.15) is 43.7 Å². The number of carbonyl (C=O) groups is 1. The number of carbonyl (C=O) groups excluding carboxylic acids is 1. The van der Waals surface area contributed by atoms with Crippen LogP contribution in [0.4, 0.5) is 0 Å². The summed E-state index contributed by atoms with van der Waals surface area (Å²) in [6.07, 6.45) is 2.47. The van der Waals surface area contributed by atoms with Crippen molar-refractivity contribution >= 4 is 37.8 Å². The number of pyridine rings is 1. The number of nitrogens with zero attached hydrogens (tertiary/aromatic N) is 3. The predicted molar refractivity (Wildman–Crippen MR) is 164 cm³/mol. The number of benzene rings is 3. The van der Waals surface area contributed by atoms with Crippen molar-refractivity contribution in [2.75, 3.05) is 14.2 Å². The van der Waals surface area contributed by atoms with Gasteiger partial charge in [0.1, 0.15) is 11.9 Å². The van der Waals surface area contributed by atoms with Gasteiger partial charge in [0.05, 0.1) is 42.3 Å². The zero-order valence-corrected chi connectivity index (χ0v) is 25.5. The molecule has 43 heavy (non-hydrogen) atoms. The second-order valence-corrected chi connectivity index (χ2v) is 13.0. The van der Waals surface area contributed by atoms with E-state index in [0.717, 1.165) is 37.5 Å². The number of methoxy groups -OCH3 is 2. The zero-order chi connectivity index (χ0) is 30.5. The van der Waals surface area contributed by atoms with Gasteiger partial charge in [-0.1, -0.05) is 43.7 Å². The Morgan fingerprint density at radius 3 is 2.33 bits per heavy atom. The lowest BCUT2D eigenvalue weighted by atomic mass is 9.82. The Kier molecular flexibility index (Phi) is 7.33. The van der Waals surface area contributed by atoms with Gasteiger partial charge in [0.15, 0.2) is 0 Å². The molecule has 222 valence electrons. The fourth-order valence-electron chi connectivity index (χ4n) is 5.63. The van der Waals surface area contributed by atoms with Crippen LogP contribution in [0.5, 0.6) is 11.6 Å². The first-order valence-electron chi connectivity index (χ1n) is 14.2. The number of ether oxygens (including phenoxy) is 3. The summed E-state index contributed by atoms with van der Waals surface area (Å²) in [5.41, 5.74) is 4.77. The third kappa shape index (κ3) is 5.09. The smallest absolute Gasteiger partial charge is 0.308 e. The van der Waals surface area contributed by atoms with Crippen molar-refractivity contribution in [2.24, 2.45) is 5.92 Å². The molecule has 0 N–H and O–H groups in total. The van der Waals surface area contributed by atoms with Crippen LogP contribution in [0.3, 0.4) is 0 Å². The number of aromatic nitrogens is 3. The molecule has 0 spiro atoms. The molecule has 1 aliphatic rings. The van der Waals surface area contributed by atoms with E-state index < -0.39 is 10.0 Å². The van der Waals surface area contributed by atoms with E-state index in [1.807, 2.05) is 37.3 Å².